The smallest absolute Gasteiger partial charge is 0.254 e. The van der Waals surface area contributed by atoms with Gasteiger partial charge in [0.1, 0.15) is 0 Å². The lowest BCUT2D eigenvalue weighted by atomic mass is 10.0. The van der Waals surface area contributed by atoms with Crippen LogP contribution >= 0.6 is 23.2 Å². The van der Waals surface area contributed by atoms with Gasteiger partial charge >= 0.3 is 0 Å². The molecule has 0 unspecified atom stereocenters. The van der Waals surface area contributed by atoms with Crippen molar-refractivity contribution in [3.05, 3.63) is 21.9 Å². The standard InChI is InChI=1S/C12H15Cl2N5O2/c13-9-5-8(11(14)18-17-9)12(21)16-7-1-3-19(4-2-7)6-10(15)20/h5,7H,1-4,6H2,(H2,15,20)(H,16,21). The molecule has 0 aromatic carbocycles. The number of primary amides is 1. The van der Waals surface area contributed by atoms with Crippen LogP contribution in [0.4, 0.5) is 0 Å². The highest BCUT2D eigenvalue weighted by Gasteiger charge is 2.23. The number of carbonyl (C=O) groups is 2. The van der Waals surface area contributed by atoms with Gasteiger partial charge in [-0.1, -0.05) is 23.2 Å². The van der Waals surface area contributed by atoms with Gasteiger partial charge < -0.3 is 11.1 Å². The largest absolute Gasteiger partial charge is 0.369 e. The van der Waals surface area contributed by atoms with Gasteiger partial charge in [0.25, 0.3) is 5.91 Å². The van der Waals surface area contributed by atoms with Crippen LogP contribution in [-0.2, 0) is 4.79 Å². The minimum Gasteiger partial charge on any atom is -0.369 e. The fourth-order valence-corrected chi connectivity index (χ4v) is 2.56. The first-order valence-corrected chi connectivity index (χ1v) is 7.21. The van der Waals surface area contributed by atoms with Crippen LogP contribution in [0.25, 0.3) is 0 Å². The molecule has 1 aromatic heterocycles. The number of nitrogens with zero attached hydrogens (tertiary/aromatic N) is 3. The summed E-state index contributed by atoms with van der Waals surface area (Å²) in [5.74, 6) is -0.674. The van der Waals surface area contributed by atoms with Gasteiger partial charge in [-0.05, 0) is 18.9 Å². The summed E-state index contributed by atoms with van der Waals surface area (Å²) in [4.78, 5) is 24.9. The van der Waals surface area contributed by atoms with Gasteiger partial charge in [0.05, 0.1) is 12.1 Å². The molecule has 114 valence electrons. The van der Waals surface area contributed by atoms with Crippen LogP contribution in [0.2, 0.25) is 10.3 Å². The minimum atomic E-state index is -0.346. The molecule has 2 heterocycles. The maximum absolute atomic E-state index is 12.1. The molecule has 0 bridgehead atoms. The first kappa shape index (κ1) is 15.9. The SMILES string of the molecule is NC(=O)CN1CCC(NC(=O)c2cc(Cl)nnc2Cl)CC1. The molecular weight excluding hydrogens is 317 g/mol. The lowest BCUT2D eigenvalue weighted by molar-refractivity contribution is -0.119. The molecular formula is C12H15Cl2N5O2. The summed E-state index contributed by atoms with van der Waals surface area (Å²) in [6.45, 7) is 1.66. The number of amides is 2. The van der Waals surface area contributed by atoms with E-state index in [-0.39, 0.29) is 40.3 Å². The van der Waals surface area contributed by atoms with Crippen molar-refractivity contribution < 1.29 is 9.59 Å². The van der Waals surface area contributed by atoms with Crippen LogP contribution < -0.4 is 11.1 Å². The van der Waals surface area contributed by atoms with E-state index in [9.17, 15) is 9.59 Å². The van der Waals surface area contributed by atoms with Gasteiger partial charge in [0.15, 0.2) is 10.3 Å². The fraction of sp³-hybridized carbons (Fsp3) is 0.500. The summed E-state index contributed by atoms with van der Waals surface area (Å²) in [5.41, 5.74) is 5.36. The number of halogens is 2. The molecule has 3 N–H and O–H groups in total. The topological polar surface area (TPSA) is 101 Å². The second kappa shape index (κ2) is 7.02. The van der Waals surface area contributed by atoms with Crippen molar-refractivity contribution in [3.63, 3.8) is 0 Å². The van der Waals surface area contributed by atoms with E-state index in [1.807, 2.05) is 4.90 Å². The molecule has 7 nitrogen and oxygen atoms in total. The van der Waals surface area contributed by atoms with Crippen molar-refractivity contribution >= 4 is 35.0 Å². The first-order valence-electron chi connectivity index (χ1n) is 6.46. The third-order valence-electron chi connectivity index (χ3n) is 3.27. The Kier molecular flexibility index (Phi) is 5.33. The van der Waals surface area contributed by atoms with Crippen molar-refractivity contribution in [2.75, 3.05) is 19.6 Å². The number of carbonyl (C=O) groups excluding carboxylic acids is 2. The molecule has 0 atom stereocenters. The number of aromatic nitrogens is 2. The molecule has 2 amide bonds. The molecule has 1 aliphatic heterocycles. The maximum atomic E-state index is 12.1. The maximum Gasteiger partial charge on any atom is 0.254 e. The van der Waals surface area contributed by atoms with Crippen LogP contribution in [0.5, 0.6) is 0 Å². The van der Waals surface area contributed by atoms with Crippen molar-refractivity contribution in [1.29, 1.82) is 0 Å². The van der Waals surface area contributed by atoms with Crippen molar-refractivity contribution in [2.45, 2.75) is 18.9 Å². The number of rotatable bonds is 4. The van der Waals surface area contributed by atoms with Crippen LogP contribution in [0, 0.1) is 0 Å². The van der Waals surface area contributed by atoms with Crippen LogP contribution in [0.3, 0.4) is 0 Å². The van der Waals surface area contributed by atoms with Crippen LogP contribution in [-0.4, -0.2) is 52.6 Å². The molecule has 9 heteroatoms. The number of nitrogens with one attached hydrogen (secondary N) is 1. The highest BCUT2D eigenvalue weighted by Crippen LogP contribution is 2.17. The molecule has 1 aromatic rings. The predicted molar refractivity (Wildman–Crippen MR) is 78.2 cm³/mol. The van der Waals surface area contributed by atoms with Crippen molar-refractivity contribution in [2.24, 2.45) is 5.73 Å². The molecule has 2 rings (SSSR count). The Labute approximate surface area is 131 Å². The number of likely N-dealkylation sites (tertiary alicyclic amines) is 1. The highest BCUT2D eigenvalue weighted by molar-refractivity contribution is 6.34. The Hall–Kier alpha value is -1.44. The van der Waals surface area contributed by atoms with Crippen molar-refractivity contribution in [1.82, 2.24) is 20.4 Å². The van der Waals surface area contributed by atoms with E-state index in [4.69, 9.17) is 28.9 Å². The zero-order valence-corrected chi connectivity index (χ0v) is 12.7. The zero-order valence-electron chi connectivity index (χ0n) is 11.2. The van der Waals surface area contributed by atoms with Gasteiger partial charge in [-0.3, -0.25) is 14.5 Å². The van der Waals surface area contributed by atoms with Crippen LogP contribution in [0.15, 0.2) is 6.07 Å². The summed E-state index contributed by atoms with van der Waals surface area (Å²) >= 11 is 11.5. The van der Waals surface area contributed by atoms with Crippen LogP contribution in [0.1, 0.15) is 23.2 Å². The van der Waals surface area contributed by atoms with Gasteiger partial charge in [-0.2, -0.15) is 0 Å². The lowest BCUT2D eigenvalue weighted by Gasteiger charge is -2.31. The van der Waals surface area contributed by atoms with Gasteiger partial charge in [0, 0.05) is 19.1 Å². The quantitative estimate of drug-likeness (QED) is 0.834. The molecule has 0 spiro atoms. The summed E-state index contributed by atoms with van der Waals surface area (Å²) in [6.07, 6.45) is 1.48. The number of hydrogen-bond donors (Lipinski definition) is 2. The Balaban J connectivity index is 1.90. The highest BCUT2D eigenvalue weighted by atomic mass is 35.5. The number of piperidine rings is 1. The first-order chi connectivity index (χ1) is 9.95. The van der Waals surface area contributed by atoms with Gasteiger partial charge in [0.2, 0.25) is 5.91 Å². The Bertz CT molecular complexity index is 546. The minimum absolute atomic E-state index is 0.0167. The normalized spacial score (nSPS) is 16.7. The molecule has 21 heavy (non-hydrogen) atoms. The third kappa shape index (κ3) is 4.52. The monoisotopic (exact) mass is 331 g/mol. The zero-order chi connectivity index (χ0) is 15.4. The van der Waals surface area contributed by atoms with Crippen molar-refractivity contribution in [3.8, 4) is 0 Å². The lowest BCUT2D eigenvalue weighted by Crippen LogP contribution is -2.46. The number of hydrogen-bond acceptors (Lipinski definition) is 5. The van der Waals surface area contributed by atoms with E-state index < -0.39 is 0 Å². The van der Waals surface area contributed by atoms with E-state index in [1.54, 1.807) is 0 Å². The molecule has 1 fully saturated rings. The molecule has 1 aliphatic rings. The molecule has 1 saturated heterocycles. The summed E-state index contributed by atoms with van der Waals surface area (Å²) in [6, 6.07) is 1.40. The Morgan fingerprint density at radius 2 is 2.00 bits per heavy atom. The van der Waals surface area contributed by atoms with E-state index >= 15 is 0 Å². The van der Waals surface area contributed by atoms with E-state index in [0.717, 1.165) is 12.8 Å². The molecule has 0 aliphatic carbocycles. The molecule has 0 saturated carbocycles. The van der Waals surface area contributed by atoms with Gasteiger partial charge in [-0.25, -0.2) is 0 Å². The van der Waals surface area contributed by atoms with Gasteiger partial charge in [-0.15, -0.1) is 10.2 Å². The van der Waals surface area contributed by atoms with E-state index in [2.05, 4.69) is 15.5 Å². The second-order valence-corrected chi connectivity index (χ2v) is 5.61. The average Bonchev–Trinajstić information content (AvgIpc) is 2.43. The Morgan fingerprint density at radius 3 is 2.62 bits per heavy atom. The predicted octanol–water partition coefficient (Wildman–Crippen LogP) is 0.463. The van der Waals surface area contributed by atoms with E-state index in [0.29, 0.717) is 13.1 Å². The molecule has 0 radical (unpaired) electrons. The fourth-order valence-electron chi connectivity index (χ4n) is 2.23. The summed E-state index contributed by atoms with van der Waals surface area (Å²) < 4.78 is 0. The van der Waals surface area contributed by atoms with E-state index in [1.165, 1.54) is 6.07 Å². The Morgan fingerprint density at radius 1 is 1.33 bits per heavy atom. The second-order valence-electron chi connectivity index (χ2n) is 4.86. The number of nitrogens with two attached hydrogens (primary N) is 1. The summed E-state index contributed by atoms with van der Waals surface area (Å²) in [7, 11) is 0. The summed E-state index contributed by atoms with van der Waals surface area (Å²) in [5, 5.41) is 10.2. The third-order valence-corrected chi connectivity index (χ3v) is 3.73. The average molecular weight is 332 g/mol.